The van der Waals surface area contributed by atoms with Crippen LogP contribution >= 0.6 is 23.2 Å². The molecule has 0 radical (unpaired) electrons. The van der Waals surface area contributed by atoms with E-state index in [9.17, 15) is 4.79 Å². The third-order valence-corrected chi connectivity index (χ3v) is 3.79. The van der Waals surface area contributed by atoms with Crippen LogP contribution in [0.4, 0.5) is 17.3 Å². The lowest BCUT2D eigenvalue weighted by atomic mass is 10.3. The average molecular weight is 364 g/mol. The van der Waals surface area contributed by atoms with Crippen LogP contribution in [0.5, 0.6) is 0 Å². The zero-order chi connectivity index (χ0) is 17.1. The van der Waals surface area contributed by atoms with E-state index in [1.54, 1.807) is 31.2 Å². The molecule has 3 rings (SSSR count). The van der Waals surface area contributed by atoms with Gasteiger partial charge in [0.15, 0.2) is 5.82 Å². The van der Waals surface area contributed by atoms with Gasteiger partial charge in [-0.05, 0) is 19.1 Å². The molecule has 2 N–H and O–H groups in total. The van der Waals surface area contributed by atoms with Crippen molar-refractivity contribution in [1.29, 1.82) is 0 Å². The monoisotopic (exact) mass is 363 g/mol. The van der Waals surface area contributed by atoms with E-state index in [1.807, 2.05) is 0 Å². The van der Waals surface area contributed by atoms with E-state index in [2.05, 4.69) is 25.8 Å². The van der Waals surface area contributed by atoms with Crippen LogP contribution in [-0.2, 0) is 0 Å². The van der Waals surface area contributed by atoms with Crippen molar-refractivity contribution in [3.63, 3.8) is 0 Å². The van der Waals surface area contributed by atoms with Crippen LogP contribution in [0, 0.1) is 6.92 Å². The molecule has 3 aromatic rings. The molecule has 2 aromatic heterocycles. The molecule has 122 valence electrons. The van der Waals surface area contributed by atoms with E-state index < -0.39 is 5.91 Å². The Morgan fingerprint density at radius 1 is 1.17 bits per heavy atom. The van der Waals surface area contributed by atoms with Crippen molar-refractivity contribution in [1.82, 2.24) is 15.1 Å². The van der Waals surface area contributed by atoms with Crippen molar-refractivity contribution in [2.75, 3.05) is 10.6 Å². The molecule has 0 atom stereocenters. The van der Waals surface area contributed by atoms with Gasteiger partial charge in [-0.3, -0.25) is 4.79 Å². The van der Waals surface area contributed by atoms with Crippen LogP contribution in [0.15, 0.2) is 41.2 Å². The Bertz CT molecular complexity index is 880. The van der Waals surface area contributed by atoms with E-state index in [0.29, 0.717) is 28.1 Å². The Balaban J connectivity index is 1.70. The second-order valence-electron chi connectivity index (χ2n) is 4.79. The Morgan fingerprint density at radius 2 is 2.00 bits per heavy atom. The Morgan fingerprint density at radius 3 is 2.67 bits per heavy atom. The van der Waals surface area contributed by atoms with Gasteiger partial charge < -0.3 is 15.2 Å². The van der Waals surface area contributed by atoms with Gasteiger partial charge in [0.05, 0.1) is 28.1 Å². The summed E-state index contributed by atoms with van der Waals surface area (Å²) < 4.78 is 4.94. The Labute approximate surface area is 147 Å². The maximum atomic E-state index is 12.2. The van der Waals surface area contributed by atoms with E-state index in [0.717, 1.165) is 0 Å². The van der Waals surface area contributed by atoms with Crippen molar-refractivity contribution in [3.05, 3.63) is 58.2 Å². The molecule has 2 heterocycles. The number of amides is 1. The lowest BCUT2D eigenvalue weighted by Crippen LogP contribution is -2.14. The normalized spacial score (nSPS) is 10.5. The largest absolute Gasteiger partial charge is 0.360 e. The first kappa shape index (κ1) is 16.2. The minimum absolute atomic E-state index is 0.132. The van der Waals surface area contributed by atoms with Crippen LogP contribution in [0.1, 0.15) is 16.2 Å². The van der Waals surface area contributed by atoms with E-state index >= 15 is 0 Å². The summed E-state index contributed by atoms with van der Waals surface area (Å²) >= 11 is 11.9. The zero-order valence-electron chi connectivity index (χ0n) is 12.4. The van der Waals surface area contributed by atoms with E-state index in [4.69, 9.17) is 27.7 Å². The number of anilines is 3. The minimum atomic E-state index is -0.449. The number of hydrogen-bond acceptors (Lipinski definition) is 6. The average Bonchev–Trinajstić information content (AvgIpc) is 2.97. The number of nitrogens with zero attached hydrogens (tertiary/aromatic N) is 3. The Hall–Kier alpha value is -2.64. The fraction of sp³-hybridized carbons (Fsp3) is 0.0667. The standard InChI is InChI=1S/C15H11Cl2N5O2/c1-8-5-12(22-24-8)21-13-7-18-11(6-19-13)15(23)20-10-4-2-3-9(16)14(10)17/h2-7H,1H3,(H,20,23)(H,19,21,22). The summed E-state index contributed by atoms with van der Waals surface area (Å²) in [6, 6.07) is 6.67. The summed E-state index contributed by atoms with van der Waals surface area (Å²) in [5.74, 6) is 1.15. The number of aryl methyl sites for hydroxylation is 1. The SMILES string of the molecule is Cc1cc(Nc2cnc(C(=O)Nc3cccc(Cl)c3Cl)cn2)no1. The van der Waals surface area contributed by atoms with Crippen LogP contribution in [0.3, 0.4) is 0 Å². The molecule has 1 aromatic carbocycles. The van der Waals surface area contributed by atoms with Crippen LogP contribution < -0.4 is 10.6 Å². The van der Waals surface area contributed by atoms with Crippen molar-refractivity contribution >= 4 is 46.4 Å². The number of carbonyl (C=O) groups is 1. The number of halogens is 2. The summed E-state index contributed by atoms with van der Waals surface area (Å²) in [4.78, 5) is 20.4. The summed E-state index contributed by atoms with van der Waals surface area (Å²) in [6.45, 7) is 1.78. The molecule has 0 aliphatic rings. The minimum Gasteiger partial charge on any atom is -0.360 e. The van der Waals surface area contributed by atoms with Gasteiger partial charge in [-0.1, -0.05) is 34.4 Å². The summed E-state index contributed by atoms with van der Waals surface area (Å²) in [6.07, 6.45) is 2.75. The maximum absolute atomic E-state index is 12.2. The number of nitrogens with one attached hydrogen (secondary N) is 2. The summed E-state index contributed by atoms with van der Waals surface area (Å²) in [5.41, 5.74) is 0.532. The fourth-order valence-corrected chi connectivity index (χ4v) is 2.20. The van der Waals surface area contributed by atoms with Gasteiger partial charge >= 0.3 is 0 Å². The third kappa shape index (κ3) is 3.64. The predicted molar refractivity (Wildman–Crippen MR) is 91.0 cm³/mol. The molecule has 0 spiro atoms. The molecule has 24 heavy (non-hydrogen) atoms. The van der Waals surface area contributed by atoms with Crippen molar-refractivity contribution in [3.8, 4) is 0 Å². The van der Waals surface area contributed by atoms with Crippen LogP contribution in [0.2, 0.25) is 10.0 Å². The number of aromatic nitrogens is 3. The topological polar surface area (TPSA) is 92.9 Å². The first-order chi connectivity index (χ1) is 11.5. The molecule has 0 bridgehead atoms. The van der Waals surface area contributed by atoms with Crippen molar-refractivity contribution in [2.24, 2.45) is 0 Å². The van der Waals surface area contributed by atoms with Crippen molar-refractivity contribution < 1.29 is 9.32 Å². The van der Waals surface area contributed by atoms with Gasteiger partial charge in [0.25, 0.3) is 5.91 Å². The third-order valence-electron chi connectivity index (χ3n) is 2.97. The highest BCUT2D eigenvalue weighted by Crippen LogP contribution is 2.29. The maximum Gasteiger partial charge on any atom is 0.275 e. The fourth-order valence-electron chi connectivity index (χ4n) is 1.85. The highest BCUT2D eigenvalue weighted by molar-refractivity contribution is 6.44. The summed E-state index contributed by atoms with van der Waals surface area (Å²) in [5, 5.41) is 9.94. The molecule has 1 amide bonds. The molecule has 0 aliphatic carbocycles. The van der Waals surface area contributed by atoms with Crippen LogP contribution in [0.25, 0.3) is 0 Å². The molecule has 9 heteroatoms. The molecule has 0 fully saturated rings. The van der Waals surface area contributed by atoms with Gasteiger partial charge in [-0.2, -0.15) is 0 Å². The number of carbonyl (C=O) groups excluding carboxylic acids is 1. The molecular weight excluding hydrogens is 353 g/mol. The zero-order valence-corrected chi connectivity index (χ0v) is 13.9. The molecule has 0 saturated carbocycles. The quantitative estimate of drug-likeness (QED) is 0.725. The Kier molecular flexibility index (Phi) is 4.64. The van der Waals surface area contributed by atoms with E-state index in [-0.39, 0.29) is 10.7 Å². The molecule has 0 aliphatic heterocycles. The van der Waals surface area contributed by atoms with Gasteiger partial charge in [0.2, 0.25) is 0 Å². The lowest BCUT2D eigenvalue weighted by molar-refractivity contribution is 0.102. The molecule has 0 saturated heterocycles. The van der Waals surface area contributed by atoms with E-state index in [1.165, 1.54) is 12.4 Å². The molecule has 7 nitrogen and oxygen atoms in total. The number of benzene rings is 1. The van der Waals surface area contributed by atoms with Crippen molar-refractivity contribution in [2.45, 2.75) is 6.92 Å². The second-order valence-corrected chi connectivity index (χ2v) is 5.58. The highest BCUT2D eigenvalue weighted by Gasteiger charge is 2.12. The first-order valence-corrected chi connectivity index (χ1v) is 7.56. The predicted octanol–water partition coefficient (Wildman–Crippen LogP) is 4.08. The molecule has 0 unspecified atom stereocenters. The summed E-state index contributed by atoms with van der Waals surface area (Å²) in [7, 11) is 0. The van der Waals surface area contributed by atoms with Gasteiger partial charge in [-0.15, -0.1) is 0 Å². The van der Waals surface area contributed by atoms with Gasteiger partial charge in [-0.25, -0.2) is 9.97 Å². The lowest BCUT2D eigenvalue weighted by Gasteiger charge is -2.08. The number of rotatable bonds is 4. The molecular formula is C15H11Cl2N5O2. The van der Waals surface area contributed by atoms with Gasteiger partial charge in [0.1, 0.15) is 17.3 Å². The van der Waals surface area contributed by atoms with Crippen LogP contribution in [-0.4, -0.2) is 21.0 Å². The number of hydrogen-bond donors (Lipinski definition) is 2. The highest BCUT2D eigenvalue weighted by atomic mass is 35.5. The first-order valence-electron chi connectivity index (χ1n) is 6.80. The van der Waals surface area contributed by atoms with Gasteiger partial charge in [0, 0.05) is 6.07 Å². The smallest absolute Gasteiger partial charge is 0.275 e. The second kappa shape index (κ2) is 6.86.